The van der Waals surface area contributed by atoms with Gasteiger partial charge in [0.25, 0.3) is 0 Å². The monoisotopic (exact) mass is 317 g/mol. The molecular formula is C13H17Cl2N3O2. The molecule has 1 aromatic heterocycles. The number of hydrogen-bond donors (Lipinski definition) is 2. The Morgan fingerprint density at radius 1 is 1.55 bits per heavy atom. The zero-order valence-corrected chi connectivity index (χ0v) is 12.5. The van der Waals surface area contributed by atoms with Gasteiger partial charge in [0.1, 0.15) is 0 Å². The highest BCUT2D eigenvalue weighted by molar-refractivity contribution is 6.36. The Balaban J connectivity index is 1.84. The van der Waals surface area contributed by atoms with Gasteiger partial charge in [-0.2, -0.15) is 0 Å². The number of aromatic nitrogens is 1. The minimum absolute atomic E-state index is 0.147. The van der Waals surface area contributed by atoms with Crippen LogP contribution in [0.4, 0.5) is 5.82 Å². The SMILES string of the molecule is O=C(CN1CCC(CCO)C1)Nc1ncc(Cl)cc1Cl. The lowest BCUT2D eigenvalue weighted by atomic mass is 10.1. The third-order valence-corrected chi connectivity index (χ3v) is 3.83. The molecule has 1 aliphatic rings. The van der Waals surface area contributed by atoms with Gasteiger partial charge in [-0.15, -0.1) is 0 Å². The standard InChI is InChI=1S/C13H17Cl2N3O2/c14-10-5-11(15)13(16-6-10)17-12(20)8-18-3-1-9(7-18)2-4-19/h5-6,9,19H,1-4,7-8H2,(H,16,17,20). The summed E-state index contributed by atoms with van der Waals surface area (Å²) >= 11 is 11.7. The van der Waals surface area contributed by atoms with E-state index >= 15 is 0 Å². The van der Waals surface area contributed by atoms with Crippen LogP contribution in [0.1, 0.15) is 12.8 Å². The molecule has 1 amide bonds. The minimum Gasteiger partial charge on any atom is -0.396 e. The fraction of sp³-hybridized carbons (Fsp3) is 0.538. The summed E-state index contributed by atoms with van der Waals surface area (Å²) in [4.78, 5) is 18.0. The van der Waals surface area contributed by atoms with Crippen molar-refractivity contribution in [1.29, 1.82) is 0 Å². The number of rotatable bonds is 5. The van der Waals surface area contributed by atoms with Gasteiger partial charge in [0.05, 0.1) is 16.6 Å². The first-order valence-electron chi connectivity index (χ1n) is 6.52. The molecule has 1 aromatic rings. The Bertz CT molecular complexity index is 485. The Hall–Kier alpha value is -0.880. The van der Waals surface area contributed by atoms with Crippen LogP contribution in [0.2, 0.25) is 10.0 Å². The number of likely N-dealkylation sites (tertiary alicyclic amines) is 1. The second-order valence-electron chi connectivity index (χ2n) is 4.93. The molecule has 1 fully saturated rings. The third kappa shape index (κ3) is 4.31. The molecule has 20 heavy (non-hydrogen) atoms. The summed E-state index contributed by atoms with van der Waals surface area (Å²) in [5, 5.41) is 12.3. The molecule has 5 nitrogen and oxygen atoms in total. The van der Waals surface area contributed by atoms with Gasteiger partial charge >= 0.3 is 0 Å². The van der Waals surface area contributed by atoms with Crippen molar-refractivity contribution in [3.8, 4) is 0 Å². The summed E-state index contributed by atoms with van der Waals surface area (Å²) in [5.41, 5.74) is 0. The van der Waals surface area contributed by atoms with Crippen LogP contribution in [0, 0.1) is 5.92 Å². The van der Waals surface area contributed by atoms with Crippen LogP contribution in [0.3, 0.4) is 0 Å². The van der Waals surface area contributed by atoms with Gasteiger partial charge in [0, 0.05) is 19.3 Å². The number of aliphatic hydroxyl groups is 1. The summed E-state index contributed by atoms with van der Waals surface area (Å²) in [6.07, 6.45) is 3.26. The maximum Gasteiger partial charge on any atom is 0.239 e. The molecule has 0 bridgehead atoms. The molecule has 110 valence electrons. The van der Waals surface area contributed by atoms with Gasteiger partial charge in [-0.1, -0.05) is 23.2 Å². The third-order valence-electron chi connectivity index (χ3n) is 3.34. The molecule has 2 heterocycles. The molecule has 1 atom stereocenters. The summed E-state index contributed by atoms with van der Waals surface area (Å²) in [7, 11) is 0. The number of aliphatic hydroxyl groups excluding tert-OH is 1. The largest absolute Gasteiger partial charge is 0.396 e. The van der Waals surface area contributed by atoms with Crippen molar-refractivity contribution in [2.45, 2.75) is 12.8 Å². The van der Waals surface area contributed by atoms with Gasteiger partial charge in [0.15, 0.2) is 5.82 Å². The predicted octanol–water partition coefficient (Wildman–Crippen LogP) is 2.03. The van der Waals surface area contributed by atoms with Crippen molar-refractivity contribution >= 4 is 34.9 Å². The van der Waals surface area contributed by atoms with Crippen LogP contribution in [0.5, 0.6) is 0 Å². The lowest BCUT2D eigenvalue weighted by Crippen LogP contribution is -2.32. The average molecular weight is 318 g/mol. The lowest BCUT2D eigenvalue weighted by molar-refractivity contribution is -0.117. The number of carbonyl (C=O) groups is 1. The van der Waals surface area contributed by atoms with Crippen molar-refractivity contribution in [1.82, 2.24) is 9.88 Å². The van der Waals surface area contributed by atoms with Crippen LogP contribution in [0.25, 0.3) is 0 Å². The first-order valence-corrected chi connectivity index (χ1v) is 7.28. The van der Waals surface area contributed by atoms with Crippen molar-refractivity contribution < 1.29 is 9.90 Å². The van der Waals surface area contributed by atoms with E-state index in [1.807, 2.05) is 0 Å². The van der Waals surface area contributed by atoms with E-state index in [0.717, 1.165) is 25.9 Å². The number of carbonyl (C=O) groups excluding carboxylic acids is 1. The molecule has 1 unspecified atom stereocenters. The Labute approximate surface area is 127 Å². The van der Waals surface area contributed by atoms with Gasteiger partial charge in [-0.3, -0.25) is 9.69 Å². The number of hydrogen-bond acceptors (Lipinski definition) is 4. The maximum absolute atomic E-state index is 11.9. The van der Waals surface area contributed by atoms with E-state index in [1.54, 1.807) is 6.07 Å². The average Bonchev–Trinajstić information content (AvgIpc) is 2.81. The molecule has 0 aliphatic carbocycles. The number of anilines is 1. The molecule has 0 spiro atoms. The van der Waals surface area contributed by atoms with Gasteiger partial charge in [-0.05, 0) is 31.4 Å². The van der Waals surface area contributed by atoms with E-state index in [1.165, 1.54) is 6.20 Å². The zero-order chi connectivity index (χ0) is 14.5. The summed E-state index contributed by atoms with van der Waals surface area (Å²) in [5.74, 6) is 0.656. The van der Waals surface area contributed by atoms with Crippen LogP contribution >= 0.6 is 23.2 Å². The van der Waals surface area contributed by atoms with Crippen LogP contribution in [0.15, 0.2) is 12.3 Å². The molecule has 2 N–H and O–H groups in total. The number of nitrogens with one attached hydrogen (secondary N) is 1. The highest BCUT2D eigenvalue weighted by Gasteiger charge is 2.23. The van der Waals surface area contributed by atoms with E-state index in [0.29, 0.717) is 28.3 Å². The number of amides is 1. The summed E-state index contributed by atoms with van der Waals surface area (Å²) in [6, 6.07) is 1.54. The highest BCUT2D eigenvalue weighted by Crippen LogP contribution is 2.23. The van der Waals surface area contributed by atoms with Crippen molar-refractivity contribution in [2.75, 3.05) is 31.6 Å². The normalized spacial score (nSPS) is 19.2. The fourth-order valence-corrected chi connectivity index (χ4v) is 2.78. The minimum atomic E-state index is -0.147. The first kappa shape index (κ1) is 15.5. The summed E-state index contributed by atoms with van der Waals surface area (Å²) in [6.45, 7) is 2.23. The van der Waals surface area contributed by atoms with Crippen molar-refractivity contribution in [3.63, 3.8) is 0 Å². The molecule has 2 rings (SSSR count). The second-order valence-corrected chi connectivity index (χ2v) is 5.78. The van der Waals surface area contributed by atoms with Gasteiger partial charge < -0.3 is 10.4 Å². The first-order chi connectivity index (χ1) is 9.58. The van der Waals surface area contributed by atoms with Crippen LogP contribution < -0.4 is 5.32 Å². The number of halogens is 2. The zero-order valence-electron chi connectivity index (χ0n) is 11.0. The van der Waals surface area contributed by atoms with E-state index in [-0.39, 0.29) is 12.5 Å². The van der Waals surface area contributed by atoms with E-state index in [4.69, 9.17) is 28.3 Å². The lowest BCUT2D eigenvalue weighted by Gasteiger charge is -2.15. The summed E-state index contributed by atoms with van der Waals surface area (Å²) < 4.78 is 0. The molecule has 0 aromatic carbocycles. The highest BCUT2D eigenvalue weighted by atomic mass is 35.5. The number of nitrogens with zero attached hydrogens (tertiary/aromatic N) is 2. The Morgan fingerprint density at radius 2 is 2.35 bits per heavy atom. The molecule has 0 radical (unpaired) electrons. The number of pyridine rings is 1. The molecule has 7 heteroatoms. The molecule has 1 aliphatic heterocycles. The molecule has 1 saturated heterocycles. The maximum atomic E-state index is 11.9. The van der Waals surface area contributed by atoms with Gasteiger partial charge in [-0.25, -0.2) is 4.98 Å². The Kier molecular flexibility index (Phi) is 5.60. The second kappa shape index (κ2) is 7.22. The fourth-order valence-electron chi connectivity index (χ4n) is 2.36. The van der Waals surface area contributed by atoms with Crippen LogP contribution in [-0.4, -0.2) is 47.1 Å². The van der Waals surface area contributed by atoms with E-state index in [9.17, 15) is 4.79 Å². The Morgan fingerprint density at radius 3 is 3.05 bits per heavy atom. The smallest absolute Gasteiger partial charge is 0.239 e. The molecular weight excluding hydrogens is 301 g/mol. The quantitative estimate of drug-likeness (QED) is 0.872. The van der Waals surface area contributed by atoms with E-state index < -0.39 is 0 Å². The topological polar surface area (TPSA) is 65.5 Å². The van der Waals surface area contributed by atoms with E-state index in [2.05, 4.69) is 15.2 Å². The predicted molar refractivity (Wildman–Crippen MR) is 79.1 cm³/mol. The van der Waals surface area contributed by atoms with Crippen molar-refractivity contribution in [3.05, 3.63) is 22.3 Å². The van der Waals surface area contributed by atoms with Crippen LogP contribution in [-0.2, 0) is 4.79 Å². The van der Waals surface area contributed by atoms with Gasteiger partial charge in [0.2, 0.25) is 5.91 Å². The van der Waals surface area contributed by atoms with Crippen molar-refractivity contribution in [2.24, 2.45) is 5.92 Å². The molecule has 0 saturated carbocycles.